The Bertz CT molecular complexity index is 198. The minimum Gasteiger partial charge on any atom is -0.394 e. The van der Waals surface area contributed by atoms with Crippen molar-refractivity contribution in [2.45, 2.75) is 32.4 Å². The minimum absolute atomic E-state index is 0.166. The predicted molar refractivity (Wildman–Crippen MR) is 54.0 cm³/mol. The summed E-state index contributed by atoms with van der Waals surface area (Å²) in [5, 5.41) is 22.2. The SMILES string of the molecule is CC(CO)NC(=O)CC(=O)NC(C)CO. The molecule has 0 aromatic heterocycles. The first-order valence-corrected chi connectivity index (χ1v) is 4.80. The topological polar surface area (TPSA) is 98.7 Å². The van der Waals surface area contributed by atoms with Crippen LogP contribution < -0.4 is 10.6 Å². The van der Waals surface area contributed by atoms with E-state index in [0.29, 0.717) is 0 Å². The summed E-state index contributed by atoms with van der Waals surface area (Å²) in [6.07, 6.45) is -0.297. The molecule has 0 aromatic carbocycles. The van der Waals surface area contributed by atoms with E-state index in [1.54, 1.807) is 13.8 Å². The lowest BCUT2D eigenvalue weighted by Gasteiger charge is -2.12. The summed E-state index contributed by atoms with van der Waals surface area (Å²) in [5.74, 6) is -0.890. The third kappa shape index (κ3) is 6.87. The van der Waals surface area contributed by atoms with Crippen molar-refractivity contribution in [3.63, 3.8) is 0 Å². The van der Waals surface area contributed by atoms with Crippen LogP contribution in [0.15, 0.2) is 0 Å². The van der Waals surface area contributed by atoms with E-state index in [9.17, 15) is 9.59 Å². The number of nitrogens with one attached hydrogen (secondary N) is 2. The van der Waals surface area contributed by atoms with Crippen molar-refractivity contribution in [3.05, 3.63) is 0 Å². The Morgan fingerprint density at radius 3 is 1.60 bits per heavy atom. The zero-order chi connectivity index (χ0) is 11.8. The van der Waals surface area contributed by atoms with Crippen LogP contribution in [0.25, 0.3) is 0 Å². The van der Waals surface area contributed by atoms with Gasteiger partial charge in [-0.25, -0.2) is 0 Å². The van der Waals surface area contributed by atoms with E-state index in [-0.39, 0.29) is 31.7 Å². The quantitative estimate of drug-likeness (QED) is 0.402. The largest absolute Gasteiger partial charge is 0.394 e. The second-order valence-corrected chi connectivity index (χ2v) is 3.48. The maximum atomic E-state index is 11.1. The molecule has 0 rings (SSSR count). The summed E-state index contributed by atoms with van der Waals surface area (Å²) in [7, 11) is 0. The summed E-state index contributed by atoms with van der Waals surface area (Å²) >= 11 is 0. The van der Waals surface area contributed by atoms with Gasteiger partial charge in [0.1, 0.15) is 6.42 Å². The molecular weight excluding hydrogens is 200 g/mol. The van der Waals surface area contributed by atoms with Gasteiger partial charge in [-0.15, -0.1) is 0 Å². The van der Waals surface area contributed by atoms with Gasteiger partial charge in [-0.1, -0.05) is 0 Å². The Labute approximate surface area is 88.7 Å². The Balaban J connectivity index is 3.81. The number of rotatable bonds is 6. The van der Waals surface area contributed by atoms with Gasteiger partial charge in [0.2, 0.25) is 11.8 Å². The standard InChI is InChI=1S/C9H18N2O4/c1-6(4-12)10-8(14)3-9(15)11-7(2)5-13/h6-7,12-13H,3-5H2,1-2H3,(H,10,14)(H,11,15). The van der Waals surface area contributed by atoms with Crippen LogP contribution in [0.4, 0.5) is 0 Å². The molecule has 0 aliphatic rings. The molecule has 2 atom stereocenters. The maximum absolute atomic E-state index is 11.1. The first-order valence-electron chi connectivity index (χ1n) is 4.80. The number of hydrogen-bond acceptors (Lipinski definition) is 4. The van der Waals surface area contributed by atoms with Crippen LogP contribution in [0.3, 0.4) is 0 Å². The molecule has 0 aliphatic carbocycles. The van der Waals surface area contributed by atoms with Crippen molar-refractivity contribution >= 4 is 11.8 Å². The Morgan fingerprint density at radius 2 is 1.33 bits per heavy atom. The summed E-state index contributed by atoms with van der Waals surface area (Å²) in [6, 6.07) is -0.721. The van der Waals surface area contributed by atoms with Crippen molar-refractivity contribution < 1.29 is 19.8 Å². The molecule has 88 valence electrons. The second kappa shape index (κ2) is 7.19. The molecule has 0 saturated carbocycles. The van der Waals surface area contributed by atoms with Gasteiger partial charge < -0.3 is 20.8 Å². The Morgan fingerprint density at radius 1 is 1.00 bits per heavy atom. The van der Waals surface area contributed by atoms with Gasteiger partial charge in [0.25, 0.3) is 0 Å². The van der Waals surface area contributed by atoms with Gasteiger partial charge >= 0.3 is 0 Å². The highest BCUT2D eigenvalue weighted by Crippen LogP contribution is 1.87. The van der Waals surface area contributed by atoms with Crippen LogP contribution in [0.1, 0.15) is 20.3 Å². The molecule has 0 bridgehead atoms. The zero-order valence-electron chi connectivity index (χ0n) is 8.99. The molecule has 0 aliphatic heterocycles. The van der Waals surface area contributed by atoms with Crippen LogP contribution >= 0.6 is 0 Å². The number of carbonyl (C=O) groups is 2. The molecule has 2 amide bonds. The van der Waals surface area contributed by atoms with E-state index in [4.69, 9.17) is 10.2 Å². The van der Waals surface area contributed by atoms with Crippen LogP contribution in [0, 0.1) is 0 Å². The molecule has 0 heterocycles. The zero-order valence-corrected chi connectivity index (χ0v) is 8.99. The van der Waals surface area contributed by atoms with Crippen molar-refractivity contribution in [1.82, 2.24) is 10.6 Å². The van der Waals surface area contributed by atoms with Crippen LogP contribution in [0.2, 0.25) is 0 Å². The van der Waals surface area contributed by atoms with Gasteiger partial charge in [-0.3, -0.25) is 9.59 Å². The van der Waals surface area contributed by atoms with E-state index in [1.165, 1.54) is 0 Å². The smallest absolute Gasteiger partial charge is 0.229 e. The lowest BCUT2D eigenvalue weighted by Crippen LogP contribution is -2.41. The van der Waals surface area contributed by atoms with Gasteiger partial charge in [0.05, 0.1) is 13.2 Å². The number of aliphatic hydroxyl groups excluding tert-OH is 2. The molecule has 4 N–H and O–H groups in total. The van der Waals surface area contributed by atoms with E-state index >= 15 is 0 Å². The normalized spacial score (nSPS) is 14.1. The highest BCUT2D eigenvalue weighted by molar-refractivity contribution is 5.97. The Hall–Kier alpha value is -1.14. The lowest BCUT2D eigenvalue weighted by molar-refractivity contribution is -0.130. The summed E-state index contributed by atoms with van der Waals surface area (Å²) < 4.78 is 0. The number of aliphatic hydroxyl groups is 2. The second-order valence-electron chi connectivity index (χ2n) is 3.48. The van der Waals surface area contributed by atoms with Crippen LogP contribution in [-0.2, 0) is 9.59 Å². The molecule has 0 spiro atoms. The molecule has 15 heavy (non-hydrogen) atoms. The van der Waals surface area contributed by atoms with Crippen molar-refractivity contribution in [2.75, 3.05) is 13.2 Å². The third-order valence-electron chi connectivity index (χ3n) is 1.68. The number of amides is 2. The minimum atomic E-state index is -0.445. The predicted octanol–water partition coefficient (Wildman–Crippen LogP) is -1.63. The molecule has 2 unspecified atom stereocenters. The van der Waals surface area contributed by atoms with E-state index in [0.717, 1.165) is 0 Å². The van der Waals surface area contributed by atoms with E-state index < -0.39 is 11.8 Å². The van der Waals surface area contributed by atoms with Gasteiger partial charge in [0.15, 0.2) is 0 Å². The molecule has 6 heteroatoms. The first-order chi connectivity index (χ1) is 6.99. The highest BCUT2D eigenvalue weighted by atomic mass is 16.3. The van der Waals surface area contributed by atoms with E-state index in [1.807, 2.05) is 0 Å². The number of hydrogen-bond donors (Lipinski definition) is 4. The lowest BCUT2D eigenvalue weighted by atomic mass is 10.3. The molecule has 0 radical (unpaired) electrons. The summed E-state index contributed by atoms with van der Waals surface area (Å²) in [5.41, 5.74) is 0. The van der Waals surface area contributed by atoms with Crippen LogP contribution in [-0.4, -0.2) is 47.3 Å². The molecule has 6 nitrogen and oxygen atoms in total. The Kier molecular flexibility index (Phi) is 6.64. The van der Waals surface area contributed by atoms with Gasteiger partial charge in [-0.05, 0) is 13.8 Å². The highest BCUT2D eigenvalue weighted by Gasteiger charge is 2.12. The molecule has 0 fully saturated rings. The fourth-order valence-corrected chi connectivity index (χ4v) is 0.889. The average molecular weight is 218 g/mol. The fraction of sp³-hybridized carbons (Fsp3) is 0.778. The van der Waals surface area contributed by atoms with Gasteiger partial charge in [0, 0.05) is 12.1 Å². The molecule has 0 aromatic rings. The summed E-state index contributed by atoms with van der Waals surface area (Å²) in [4.78, 5) is 22.3. The maximum Gasteiger partial charge on any atom is 0.229 e. The molecule has 0 saturated heterocycles. The van der Waals surface area contributed by atoms with Crippen molar-refractivity contribution in [1.29, 1.82) is 0 Å². The van der Waals surface area contributed by atoms with Crippen molar-refractivity contribution in [3.8, 4) is 0 Å². The first kappa shape index (κ1) is 13.9. The van der Waals surface area contributed by atoms with Crippen molar-refractivity contribution in [2.24, 2.45) is 0 Å². The average Bonchev–Trinajstić information content (AvgIpc) is 2.16. The fourth-order valence-electron chi connectivity index (χ4n) is 0.889. The van der Waals surface area contributed by atoms with E-state index in [2.05, 4.69) is 10.6 Å². The number of carbonyl (C=O) groups excluding carboxylic acids is 2. The summed E-state index contributed by atoms with van der Waals surface area (Å²) in [6.45, 7) is 2.93. The van der Waals surface area contributed by atoms with Gasteiger partial charge in [-0.2, -0.15) is 0 Å². The van der Waals surface area contributed by atoms with Crippen LogP contribution in [0.5, 0.6) is 0 Å². The monoisotopic (exact) mass is 218 g/mol. The third-order valence-corrected chi connectivity index (χ3v) is 1.68. The molecular formula is C9H18N2O4.